The maximum atomic E-state index is 10.1. The highest BCUT2D eigenvalue weighted by atomic mass is 16.5. The lowest BCUT2D eigenvalue weighted by atomic mass is 10.1. The van der Waals surface area contributed by atoms with Gasteiger partial charge in [0.05, 0.1) is 23.9 Å². The molecule has 4 heteroatoms. The van der Waals surface area contributed by atoms with Crippen molar-refractivity contribution in [2.75, 3.05) is 7.11 Å². The monoisotopic (exact) mass is 252 g/mol. The second kappa shape index (κ2) is 6.34. The van der Waals surface area contributed by atoms with E-state index in [0.29, 0.717) is 12.5 Å². The fraction of sp³-hybridized carbons (Fsp3) is 0.786. The molecular formula is C14H24N2O2. The van der Waals surface area contributed by atoms with Crippen molar-refractivity contribution >= 4 is 0 Å². The van der Waals surface area contributed by atoms with Crippen LogP contribution in [0.15, 0.2) is 12.3 Å². The number of methoxy groups -OCH3 is 1. The fourth-order valence-electron chi connectivity index (χ4n) is 2.80. The summed E-state index contributed by atoms with van der Waals surface area (Å²) < 4.78 is 7.33. The molecule has 1 aromatic rings. The van der Waals surface area contributed by atoms with Gasteiger partial charge in [-0.15, -0.1) is 0 Å². The van der Waals surface area contributed by atoms with E-state index >= 15 is 0 Å². The van der Waals surface area contributed by atoms with Gasteiger partial charge in [0.25, 0.3) is 0 Å². The molecule has 4 nitrogen and oxygen atoms in total. The van der Waals surface area contributed by atoms with E-state index in [0.717, 1.165) is 12.1 Å². The molecule has 2 atom stereocenters. The Morgan fingerprint density at radius 1 is 1.50 bits per heavy atom. The number of aliphatic hydroxyl groups is 1. The lowest BCUT2D eigenvalue weighted by Crippen LogP contribution is -2.29. The molecule has 0 spiro atoms. The molecule has 0 aromatic carbocycles. The molecule has 0 saturated heterocycles. The zero-order chi connectivity index (χ0) is 13.0. The smallest absolute Gasteiger partial charge is 0.0857 e. The van der Waals surface area contributed by atoms with Crippen molar-refractivity contribution in [3.05, 3.63) is 18.0 Å². The van der Waals surface area contributed by atoms with Gasteiger partial charge in [-0.1, -0.05) is 19.8 Å². The van der Waals surface area contributed by atoms with Crippen LogP contribution in [-0.4, -0.2) is 34.2 Å². The quantitative estimate of drug-likeness (QED) is 0.845. The van der Waals surface area contributed by atoms with Crippen molar-refractivity contribution in [3.63, 3.8) is 0 Å². The molecule has 0 amide bonds. The van der Waals surface area contributed by atoms with Gasteiger partial charge in [0.1, 0.15) is 0 Å². The van der Waals surface area contributed by atoms with Crippen molar-refractivity contribution in [1.29, 1.82) is 0 Å². The Morgan fingerprint density at radius 2 is 2.22 bits per heavy atom. The predicted octanol–water partition coefficient (Wildman–Crippen LogP) is 2.33. The summed E-state index contributed by atoms with van der Waals surface area (Å²) in [6, 6.07) is 2.59. The lowest BCUT2D eigenvalue weighted by molar-refractivity contribution is -0.0133. The molecule has 0 radical (unpaired) electrons. The Morgan fingerprint density at radius 3 is 2.83 bits per heavy atom. The van der Waals surface area contributed by atoms with E-state index in [1.807, 2.05) is 19.2 Å². The molecule has 102 valence electrons. The van der Waals surface area contributed by atoms with Crippen molar-refractivity contribution in [1.82, 2.24) is 9.78 Å². The molecule has 0 aliphatic heterocycles. The van der Waals surface area contributed by atoms with Crippen LogP contribution in [0.5, 0.6) is 0 Å². The van der Waals surface area contributed by atoms with E-state index in [9.17, 15) is 5.11 Å². The summed E-state index contributed by atoms with van der Waals surface area (Å²) in [4.78, 5) is 0. The molecule has 1 aliphatic rings. The van der Waals surface area contributed by atoms with Crippen LogP contribution >= 0.6 is 0 Å². The number of hydrogen-bond acceptors (Lipinski definition) is 3. The van der Waals surface area contributed by atoms with Gasteiger partial charge in [0, 0.05) is 19.7 Å². The van der Waals surface area contributed by atoms with Crippen molar-refractivity contribution in [3.8, 4) is 0 Å². The number of aromatic nitrogens is 2. The third-order valence-corrected chi connectivity index (χ3v) is 3.91. The highest BCUT2D eigenvalue weighted by Crippen LogP contribution is 2.28. The lowest BCUT2D eigenvalue weighted by Gasteiger charge is -2.19. The summed E-state index contributed by atoms with van der Waals surface area (Å²) in [7, 11) is 1.65. The topological polar surface area (TPSA) is 47.3 Å². The van der Waals surface area contributed by atoms with Crippen LogP contribution in [0.25, 0.3) is 0 Å². The van der Waals surface area contributed by atoms with E-state index in [-0.39, 0.29) is 6.10 Å². The number of hydrogen-bond donors (Lipinski definition) is 1. The molecule has 18 heavy (non-hydrogen) atoms. The number of nitrogens with zero attached hydrogens (tertiary/aromatic N) is 2. The zero-order valence-electron chi connectivity index (χ0n) is 11.4. The van der Waals surface area contributed by atoms with Crippen LogP contribution in [0.4, 0.5) is 0 Å². The normalized spacial score (nSPS) is 20.2. The van der Waals surface area contributed by atoms with E-state index in [1.165, 1.54) is 25.7 Å². The van der Waals surface area contributed by atoms with Crippen molar-refractivity contribution in [2.45, 2.75) is 63.7 Å². The highest BCUT2D eigenvalue weighted by molar-refractivity contribution is 5.02. The van der Waals surface area contributed by atoms with Gasteiger partial charge < -0.3 is 9.84 Å². The summed E-state index contributed by atoms with van der Waals surface area (Å²) in [5, 5.41) is 14.6. The second-order valence-electron chi connectivity index (χ2n) is 5.18. The second-order valence-corrected chi connectivity index (χ2v) is 5.18. The molecule has 1 fully saturated rings. The van der Waals surface area contributed by atoms with Gasteiger partial charge in [0.15, 0.2) is 0 Å². The summed E-state index contributed by atoms with van der Waals surface area (Å²) in [5.41, 5.74) is 0.963. The first-order chi connectivity index (χ1) is 8.74. The predicted molar refractivity (Wildman–Crippen MR) is 70.5 cm³/mol. The molecule has 1 N–H and O–H groups in total. The molecule has 1 aliphatic carbocycles. The van der Waals surface area contributed by atoms with Crippen molar-refractivity contribution < 1.29 is 9.84 Å². The van der Waals surface area contributed by atoms with E-state index in [2.05, 4.69) is 9.78 Å². The SMILES string of the molecule is CCC(OC)C(O)Cc1ccn(C2CCCC2)n1. The van der Waals surface area contributed by atoms with Gasteiger partial charge in [-0.05, 0) is 25.3 Å². The Kier molecular flexibility index (Phi) is 4.78. The van der Waals surface area contributed by atoms with Crippen LogP contribution in [-0.2, 0) is 11.2 Å². The Balaban J connectivity index is 1.93. The Bertz CT molecular complexity index is 354. The average molecular weight is 252 g/mol. The number of aliphatic hydroxyl groups excluding tert-OH is 1. The Labute approximate surface area is 109 Å². The van der Waals surface area contributed by atoms with Gasteiger partial charge in [-0.2, -0.15) is 5.10 Å². The van der Waals surface area contributed by atoms with Crippen LogP contribution in [0, 0.1) is 0 Å². The minimum absolute atomic E-state index is 0.0957. The van der Waals surface area contributed by atoms with Gasteiger partial charge >= 0.3 is 0 Å². The molecule has 1 saturated carbocycles. The van der Waals surface area contributed by atoms with Crippen molar-refractivity contribution in [2.24, 2.45) is 0 Å². The Hall–Kier alpha value is -0.870. The first-order valence-corrected chi connectivity index (χ1v) is 6.99. The number of ether oxygens (including phenoxy) is 1. The third kappa shape index (κ3) is 3.12. The first-order valence-electron chi connectivity index (χ1n) is 6.99. The van der Waals surface area contributed by atoms with Gasteiger partial charge in [-0.3, -0.25) is 4.68 Å². The molecule has 1 aromatic heterocycles. The maximum absolute atomic E-state index is 10.1. The fourth-order valence-corrected chi connectivity index (χ4v) is 2.80. The summed E-state index contributed by atoms with van der Waals surface area (Å²) in [6.45, 7) is 2.02. The average Bonchev–Trinajstić information content (AvgIpc) is 3.00. The van der Waals surface area contributed by atoms with Crippen LogP contribution < -0.4 is 0 Å². The summed E-state index contributed by atoms with van der Waals surface area (Å²) >= 11 is 0. The van der Waals surface area contributed by atoms with Gasteiger partial charge in [-0.25, -0.2) is 0 Å². The molecular weight excluding hydrogens is 228 g/mol. The molecule has 0 bridgehead atoms. The minimum Gasteiger partial charge on any atom is -0.390 e. The van der Waals surface area contributed by atoms with E-state index < -0.39 is 6.10 Å². The highest BCUT2D eigenvalue weighted by Gasteiger charge is 2.20. The standard InChI is InChI=1S/C14H24N2O2/c1-3-14(18-2)13(17)10-11-8-9-16(15-11)12-6-4-5-7-12/h8-9,12-14,17H,3-7,10H2,1-2H3. The van der Waals surface area contributed by atoms with Gasteiger partial charge in [0.2, 0.25) is 0 Å². The largest absolute Gasteiger partial charge is 0.390 e. The molecule has 2 rings (SSSR count). The van der Waals surface area contributed by atoms with E-state index in [1.54, 1.807) is 7.11 Å². The van der Waals surface area contributed by atoms with Crippen LogP contribution in [0.2, 0.25) is 0 Å². The van der Waals surface area contributed by atoms with E-state index in [4.69, 9.17) is 4.74 Å². The van der Waals surface area contributed by atoms with Crippen LogP contribution in [0.3, 0.4) is 0 Å². The minimum atomic E-state index is -0.466. The molecule has 2 unspecified atom stereocenters. The number of rotatable bonds is 6. The first kappa shape index (κ1) is 13.6. The summed E-state index contributed by atoms with van der Waals surface area (Å²) in [6.07, 6.45) is 7.97. The zero-order valence-corrected chi connectivity index (χ0v) is 11.4. The summed E-state index contributed by atoms with van der Waals surface area (Å²) in [5.74, 6) is 0. The molecule has 1 heterocycles. The maximum Gasteiger partial charge on any atom is 0.0857 e. The third-order valence-electron chi connectivity index (χ3n) is 3.91. The van der Waals surface area contributed by atoms with Crippen LogP contribution in [0.1, 0.15) is 50.8 Å².